The van der Waals surface area contributed by atoms with E-state index in [1.165, 1.54) is 0 Å². The summed E-state index contributed by atoms with van der Waals surface area (Å²) in [6, 6.07) is 5.83. The van der Waals surface area contributed by atoms with E-state index in [4.69, 9.17) is 4.74 Å². The number of nitrogens with one attached hydrogen (secondary N) is 2. The van der Waals surface area contributed by atoms with Gasteiger partial charge in [-0.25, -0.2) is 9.98 Å². The highest BCUT2D eigenvalue weighted by Crippen LogP contribution is 2.08. The van der Waals surface area contributed by atoms with E-state index in [-0.39, 0.29) is 24.0 Å². The van der Waals surface area contributed by atoms with Gasteiger partial charge in [0.25, 0.3) is 0 Å². The van der Waals surface area contributed by atoms with Gasteiger partial charge in [-0.3, -0.25) is 4.68 Å². The van der Waals surface area contributed by atoms with Crippen LogP contribution in [0.4, 0.5) is 0 Å². The summed E-state index contributed by atoms with van der Waals surface area (Å²) in [7, 11) is 0. The third-order valence-electron chi connectivity index (χ3n) is 3.43. The monoisotopic (exact) mass is 472 g/mol. The molecule has 0 aliphatic rings. The molecule has 0 fully saturated rings. The second-order valence-corrected chi connectivity index (χ2v) is 5.60. The van der Waals surface area contributed by atoms with Gasteiger partial charge in [0.2, 0.25) is 5.88 Å². The molecule has 0 atom stereocenters. The number of rotatable bonds is 10. The molecule has 2 aromatic heterocycles. The molecule has 0 amide bonds. The predicted octanol–water partition coefficient (Wildman–Crippen LogP) is 2.83. The summed E-state index contributed by atoms with van der Waals surface area (Å²) in [5.74, 6) is 1.48. The number of nitrogens with zero attached hydrogens (tertiary/aromatic N) is 4. The summed E-state index contributed by atoms with van der Waals surface area (Å²) < 4.78 is 7.42. The zero-order valence-electron chi connectivity index (χ0n) is 15.5. The average Bonchev–Trinajstić information content (AvgIpc) is 3.15. The van der Waals surface area contributed by atoms with Crippen LogP contribution in [0.2, 0.25) is 0 Å². The Morgan fingerprint density at radius 1 is 1.27 bits per heavy atom. The van der Waals surface area contributed by atoms with Gasteiger partial charge in [-0.1, -0.05) is 13.0 Å². The molecular weight excluding hydrogens is 443 g/mol. The molecule has 2 heterocycles. The molecule has 0 saturated heterocycles. The number of halogens is 1. The van der Waals surface area contributed by atoms with Crippen LogP contribution in [-0.4, -0.2) is 40.4 Å². The summed E-state index contributed by atoms with van der Waals surface area (Å²) in [6.07, 6.45) is 7.55. The van der Waals surface area contributed by atoms with E-state index in [0.717, 1.165) is 44.0 Å². The third kappa shape index (κ3) is 8.50. The standard InChI is InChI=1S/C18H28N6O.HI/c1-3-13-25-17-8-7-16(14-21-17)15-22-18(19-4-2)20-9-5-11-24-12-6-10-23-24;/h6-8,10,12,14H,3-5,9,11,13,15H2,1-2H3,(H2,19,20,22);1H. The molecule has 7 nitrogen and oxygen atoms in total. The molecule has 8 heteroatoms. The van der Waals surface area contributed by atoms with Gasteiger partial charge < -0.3 is 15.4 Å². The first kappa shape index (κ1) is 22.2. The zero-order chi connectivity index (χ0) is 17.7. The van der Waals surface area contributed by atoms with Gasteiger partial charge in [-0.15, -0.1) is 24.0 Å². The van der Waals surface area contributed by atoms with E-state index in [1.54, 1.807) is 6.20 Å². The fraction of sp³-hybridized carbons (Fsp3) is 0.500. The van der Waals surface area contributed by atoms with Crippen LogP contribution in [0.1, 0.15) is 32.3 Å². The maximum Gasteiger partial charge on any atom is 0.213 e. The molecule has 0 bridgehead atoms. The molecule has 0 aromatic carbocycles. The highest BCUT2D eigenvalue weighted by Gasteiger charge is 2.00. The number of hydrogen-bond acceptors (Lipinski definition) is 4. The summed E-state index contributed by atoms with van der Waals surface area (Å²) in [6.45, 7) is 7.96. The van der Waals surface area contributed by atoms with Gasteiger partial charge in [0.1, 0.15) is 0 Å². The number of ether oxygens (including phenoxy) is 1. The largest absolute Gasteiger partial charge is 0.478 e. The molecule has 0 aliphatic heterocycles. The van der Waals surface area contributed by atoms with Gasteiger partial charge in [0, 0.05) is 44.3 Å². The Bertz CT molecular complexity index is 615. The Balaban J connectivity index is 0.00000338. The zero-order valence-corrected chi connectivity index (χ0v) is 17.8. The van der Waals surface area contributed by atoms with Crippen LogP contribution in [0.25, 0.3) is 0 Å². The van der Waals surface area contributed by atoms with Crippen molar-refractivity contribution < 1.29 is 4.74 Å². The van der Waals surface area contributed by atoms with Crippen LogP contribution in [0.15, 0.2) is 41.8 Å². The maximum absolute atomic E-state index is 5.49. The first-order valence-electron chi connectivity index (χ1n) is 8.89. The molecule has 2 aromatic rings. The molecule has 144 valence electrons. The van der Waals surface area contributed by atoms with E-state index in [9.17, 15) is 0 Å². The van der Waals surface area contributed by atoms with Crippen molar-refractivity contribution in [2.45, 2.75) is 39.8 Å². The number of aromatic nitrogens is 3. The van der Waals surface area contributed by atoms with Gasteiger partial charge in [-0.05, 0) is 31.4 Å². The fourth-order valence-electron chi connectivity index (χ4n) is 2.19. The van der Waals surface area contributed by atoms with Crippen molar-refractivity contribution in [1.82, 2.24) is 25.4 Å². The Labute approximate surface area is 172 Å². The van der Waals surface area contributed by atoms with Crippen molar-refractivity contribution in [2.24, 2.45) is 4.99 Å². The van der Waals surface area contributed by atoms with Crippen molar-refractivity contribution in [2.75, 3.05) is 19.7 Å². The highest BCUT2D eigenvalue weighted by atomic mass is 127. The van der Waals surface area contributed by atoms with Crippen LogP contribution in [0.3, 0.4) is 0 Å². The van der Waals surface area contributed by atoms with Crippen LogP contribution in [0, 0.1) is 0 Å². The smallest absolute Gasteiger partial charge is 0.213 e. The lowest BCUT2D eigenvalue weighted by Gasteiger charge is -2.11. The molecular formula is C18H29IN6O. The molecule has 2 rings (SSSR count). The van der Waals surface area contributed by atoms with E-state index < -0.39 is 0 Å². The topological polar surface area (TPSA) is 76.4 Å². The lowest BCUT2D eigenvalue weighted by atomic mass is 10.3. The molecule has 0 radical (unpaired) electrons. The molecule has 0 saturated carbocycles. The van der Waals surface area contributed by atoms with Gasteiger partial charge in [0.15, 0.2) is 5.96 Å². The Morgan fingerprint density at radius 2 is 2.15 bits per heavy atom. The van der Waals surface area contributed by atoms with Crippen molar-refractivity contribution in [1.29, 1.82) is 0 Å². The van der Waals surface area contributed by atoms with Crippen molar-refractivity contribution in [3.63, 3.8) is 0 Å². The van der Waals surface area contributed by atoms with Crippen LogP contribution in [0.5, 0.6) is 5.88 Å². The molecule has 2 N–H and O–H groups in total. The molecule has 0 spiro atoms. The van der Waals surface area contributed by atoms with E-state index >= 15 is 0 Å². The van der Waals surface area contributed by atoms with Crippen LogP contribution in [-0.2, 0) is 13.1 Å². The fourth-order valence-corrected chi connectivity index (χ4v) is 2.19. The molecule has 26 heavy (non-hydrogen) atoms. The molecule has 0 unspecified atom stereocenters. The summed E-state index contributed by atoms with van der Waals surface area (Å²) >= 11 is 0. The second-order valence-electron chi connectivity index (χ2n) is 5.60. The van der Waals surface area contributed by atoms with Crippen LogP contribution >= 0.6 is 24.0 Å². The molecule has 0 aliphatic carbocycles. The van der Waals surface area contributed by atoms with Gasteiger partial charge in [-0.2, -0.15) is 5.10 Å². The number of aryl methyl sites for hydroxylation is 1. The van der Waals surface area contributed by atoms with Crippen molar-refractivity contribution in [3.05, 3.63) is 42.4 Å². The Kier molecular flexibility index (Phi) is 11.4. The SMILES string of the molecule is CCCOc1ccc(CN=C(NCC)NCCCn2cccn2)cn1.I. The van der Waals surface area contributed by atoms with E-state index in [1.807, 2.05) is 35.3 Å². The van der Waals surface area contributed by atoms with Crippen LogP contribution < -0.4 is 15.4 Å². The van der Waals surface area contributed by atoms with Gasteiger partial charge >= 0.3 is 0 Å². The van der Waals surface area contributed by atoms with E-state index in [0.29, 0.717) is 19.0 Å². The van der Waals surface area contributed by atoms with Gasteiger partial charge in [0.05, 0.1) is 13.2 Å². The lowest BCUT2D eigenvalue weighted by Crippen LogP contribution is -2.38. The predicted molar refractivity (Wildman–Crippen MR) is 115 cm³/mol. The number of guanidine groups is 1. The third-order valence-corrected chi connectivity index (χ3v) is 3.43. The lowest BCUT2D eigenvalue weighted by molar-refractivity contribution is 0.305. The number of hydrogen-bond donors (Lipinski definition) is 2. The number of pyridine rings is 1. The van der Waals surface area contributed by atoms with Crippen molar-refractivity contribution >= 4 is 29.9 Å². The highest BCUT2D eigenvalue weighted by molar-refractivity contribution is 14.0. The van der Waals surface area contributed by atoms with Crippen molar-refractivity contribution in [3.8, 4) is 5.88 Å². The average molecular weight is 472 g/mol. The summed E-state index contributed by atoms with van der Waals surface area (Å²) in [5, 5.41) is 10.8. The summed E-state index contributed by atoms with van der Waals surface area (Å²) in [4.78, 5) is 8.90. The maximum atomic E-state index is 5.49. The summed E-state index contributed by atoms with van der Waals surface area (Å²) in [5.41, 5.74) is 1.05. The minimum absolute atomic E-state index is 0. The quantitative estimate of drug-likeness (QED) is 0.241. The minimum Gasteiger partial charge on any atom is -0.478 e. The Hall–Kier alpha value is -1.84. The second kappa shape index (κ2) is 13.4. The first-order valence-corrected chi connectivity index (χ1v) is 8.89. The first-order chi connectivity index (χ1) is 12.3. The number of aliphatic imine (C=N–C) groups is 1. The Morgan fingerprint density at radius 3 is 2.81 bits per heavy atom. The normalized spacial score (nSPS) is 10.9. The van der Waals surface area contributed by atoms with E-state index in [2.05, 4.69) is 39.6 Å². The minimum atomic E-state index is 0.